The Morgan fingerprint density at radius 1 is 0.304 bits per heavy atom. The number of hydrogen-bond acceptors (Lipinski definition) is 6. The van der Waals surface area contributed by atoms with Crippen LogP contribution < -0.4 is 0 Å². The lowest BCUT2D eigenvalue weighted by Crippen LogP contribution is -2.30. The van der Waals surface area contributed by atoms with Gasteiger partial charge >= 0.3 is 17.9 Å². The van der Waals surface area contributed by atoms with Crippen molar-refractivity contribution in [3.63, 3.8) is 0 Å². The molecule has 0 amide bonds. The molecule has 0 spiro atoms. The molecule has 0 aromatic rings. The highest BCUT2D eigenvalue weighted by molar-refractivity contribution is 5.71. The highest BCUT2D eigenvalue weighted by Gasteiger charge is 2.19. The van der Waals surface area contributed by atoms with Crippen LogP contribution in [0.3, 0.4) is 0 Å². The number of rotatable bonds is 49. The van der Waals surface area contributed by atoms with Gasteiger partial charge in [-0.15, -0.1) is 0 Å². The van der Waals surface area contributed by atoms with Gasteiger partial charge in [-0.1, -0.05) is 219 Å². The maximum Gasteiger partial charge on any atom is 0.306 e. The number of allylic oxidation sites excluding steroid dienone is 20. The Balaban J connectivity index is 4.55. The van der Waals surface area contributed by atoms with Gasteiger partial charge in [0.25, 0.3) is 0 Å². The third kappa shape index (κ3) is 54.6. The Kier molecular flexibility index (Phi) is 53.0. The molecule has 0 N–H and O–H groups in total. The first-order valence-corrected chi connectivity index (χ1v) is 28.0. The molecule has 0 aliphatic carbocycles. The van der Waals surface area contributed by atoms with E-state index in [0.29, 0.717) is 19.3 Å². The third-order valence-corrected chi connectivity index (χ3v) is 11.4. The van der Waals surface area contributed by atoms with E-state index in [2.05, 4.69) is 136 Å². The minimum absolute atomic E-state index is 0.115. The van der Waals surface area contributed by atoms with E-state index in [1.54, 1.807) is 0 Å². The average molecular weight is 956 g/mol. The van der Waals surface area contributed by atoms with Crippen LogP contribution in [0.25, 0.3) is 0 Å². The van der Waals surface area contributed by atoms with Crippen molar-refractivity contribution in [3.05, 3.63) is 122 Å². The molecule has 0 bridgehead atoms. The first-order chi connectivity index (χ1) is 34.0. The fourth-order valence-corrected chi connectivity index (χ4v) is 7.23. The molecule has 1 atom stereocenters. The molecule has 0 aromatic heterocycles. The average Bonchev–Trinajstić information content (AvgIpc) is 3.35. The Labute approximate surface area is 424 Å². The summed E-state index contributed by atoms with van der Waals surface area (Å²) in [5.41, 5.74) is 0. The highest BCUT2D eigenvalue weighted by atomic mass is 16.6. The standard InChI is InChI=1S/C63H102O6/c1-4-7-10-13-16-19-22-25-28-30-31-33-35-38-41-44-47-50-53-56-62(65)68-59-60(58-67-61(64)55-52-49-46-43-40-37-34-27-24-21-18-15-12-9-6-3)69-63(66)57-54-51-48-45-42-39-36-32-29-26-23-20-17-14-11-8-5-2/h7,10,16-21,25-29,31,33-34,38,41,47,50,60H,4-6,8-9,11-15,22-24,30,32,35-37,39-40,42-46,48-49,51-59H2,1-3H3/b10-7+,19-16+,20-17+,21-18+,28-25+,29-26+,33-31+,34-27+,41-38+,50-47+/t60-/m1/s1. The number of carbonyl (C=O) groups excluding carboxylic acids is 3. The number of carbonyl (C=O) groups is 3. The Hall–Kier alpha value is -4.19. The summed E-state index contributed by atoms with van der Waals surface area (Å²) in [5, 5.41) is 0. The Morgan fingerprint density at radius 2 is 0.594 bits per heavy atom. The van der Waals surface area contributed by atoms with E-state index in [1.165, 1.54) is 77.0 Å². The predicted octanol–water partition coefficient (Wildman–Crippen LogP) is 18.9. The molecule has 6 nitrogen and oxygen atoms in total. The molecule has 0 aromatic carbocycles. The van der Waals surface area contributed by atoms with E-state index < -0.39 is 6.10 Å². The van der Waals surface area contributed by atoms with Crippen LogP contribution in [0.5, 0.6) is 0 Å². The lowest BCUT2D eigenvalue weighted by molar-refractivity contribution is -0.166. The van der Waals surface area contributed by atoms with E-state index in [0.717, 1.165) is 116 Å². The molecule has 0 aliphatic rings. The van der Waals surface area contributed by atoms with E-state index in [-0.39, 0.29) is 37.5 Å². The summed E-state index contributed by atoms with van der Waals surface area (Å²) >= 11 is 0. The molecule has 0 rings (SSSR count). The minimum Gasteiger partial charge on any atom is -0.462 e. The number of unbranched alkanes of at least 4 members (excludes halogenated alkanes) is 18. The van der Waals surface area contributed by atoms with Crippen LogP contribution in [0.15, 0.2) is 122 Å². The lowest BCUT2D eigenvalue weighted by atomic mass is 10.1. The van der Waals surface area contributed by atoms with E-state index >= 15 is 0 Å². The van der Waals surface area contributed by atoms with E-state index in [4.69, 9.17) is 14.2 Å². The van der Waals surface area contributed by atoms with Gasteiger partial charge in [0.05, 0.1) is 0 Å². The zero-order valence-corrected chi connectivity index (χ0v) is 44.5. The zero-order chi connectivity index (χ0) is 50.0. The normalized spacial score (nSPS) is 13.0. The summed E-state index contributed by atoms with van der Waals surface area (Å²) in [6.45, 7) is 6.38. The van der Waals surface area contributed by atoms with Gasteiger partial charge in [0.1, 0.15) is 13.2 Å². The Morgan fingerprint density at radius 3 is 0.971 bits per heavy atom. The maximum absolute atomic E-state index is 12.8. The highest BCUT2D eigenvalue weighted by Crippen LogP contribution is 2.13. The molecule has 0 fully saturated rings. The molecule has 0 heterocycles. The Bertz CT molecular complexity index is 1470. The second-order valence-corrected chi connectivity index (χ2v) is 18.1. The summed E-state index contributed by atoms with van der Waals surface area (Å²) in [6, 6.07) is 0. The monoisotopic (exact) mass is 955 g/mol. The van der Waals surface area contributed by atoms with Crippen LogP contribution in [0.2, 0.25) is 0 Å². The van der Waals surface area contributed by atoms with Gasteiger partial charge in [0.2, 0.25) is 0 Å². The predicted molar refractivity (Wildman–Crippen MR) is 297 cm³/mol. The minimum atomic E-state index is -0.822. The van der Waals surface area contributed by atoms with Crippen LogP contribution in [0.1, 0.15) is 239 Å². The van der Waals surface area contributed by atoms with Gasteiger partial charge in [-0.25, -0.2) is 0 Å². The SMILES string of the molecule is CC/C=C/C/C=C/C/C=C/C/C=C/C/C=C/C/C=C/CCC(=O)OC[C@@H](COC(=O)CCCCCCC/C=C/C/C=C/CCCCC)OC(=O)CCCCCCCCC/C=C/C/C=C/CCCCC. The second kappa shape index (κ2) is 56.4. The van der Waals surface area contributed by atoms with Crippen LogP contribution in [0, 0.1) is 0 Å². The van der Waals surface area contributed by atoms with Crippen LogP contribution in [-0.2, 0) is 28.6 Å². The zero-order valence-electron chi connectivity index (χ0n) is 44.5. The molecule has 390 valence electrons. The van der Waals surface area contributed by atoms with Gasteiger partial charge in [-0.2, -0.15) is 0 Å². The fourth-order valence-electron chi connectivity index (χ4n) is 7.23. The second-order valence-electron chi connectivity index (χ2n) is 18.1. The van der Waals surface area contributed by atoms with E-state index in [1.807, 2.05) is 6.08 Å². The van der Waals surface area contributed by atoms with Crippen molar-refractivity contribution >= 4 is 17.9 Å². The van der Waals surface area contributed by atoms with Crippen molar-refractivity contribution in [3.8, 4) is 0 Å². The fraction of sp³-hybridized carbons (Fsp3) is 0.635. The topological polar surface area (TPSA) is 78.9 Å². The van der Waals surface area contributed by atoms with Crippen molar-refractivity contribution in [1.29, 1.82) is 0 Å². The van der Waals surface area contributed by atoms with Crippen LogP contribution in [0.4, 0.5) is 0 Å². The molecule has 0 saturated heterocycles. The third-order valence-electron chi connectivity index (χ3n) is 11.4. The number of esters is 3. The summed E-state index contributed by atoms with van der Waals surface area (Å²) in [4.78, 5) is 38.1. The summed E-state index contributed by atoms with van der Waals surface area (Å²) in [6.07, 6.45) is 77.6. The summed E-state index contributed by atoms with van der Waals surface area (Å²) in [7, 11) is 0. The quantitative estimate of drug-likeness (QED) is 0.0262. The summed E-state index contributed by atoms with van der Waals surface area (Å²) in [5.74, 6) is -1.03. The van der Waals surface area contributed by atoms with Gasteiger partial charge in [-0.3, -0.25) is 14.4 Å². The summed E-state index contributed by atoms with van der Waals surface area (Å²) < 4.78 is 16.8. The molecular weight excluding hydrogens is 853 g/mol. The van der Waals surface area contributed by atoms with Gasteiger partial charge < -0.3 is 14.2 Å². The lowest BCUT2D eigenvalue weighted by Gasteiger charge is -2.18. The van der Waals surface area contributed by atoms with Crippen LogP contribution >= 0.6 is 0 Å². The smallest absolute Gasteiger partial charge is 0.306 e. The van der Waals surface area contributed by atoms with Crippen molar-refractivity contribution in [2.45, 2.75) is 245 Å². The van der Waals surface area contributed by atoms with Crippen molar-refractivity contribution in [1.82, 2.24) is 0 Å². The van der Waals surface area contributed by atoms with Gasteiger partial charge in [0, 0.05) is 19.3 Å². The number of ether oxygens (including phenoxy) is 3. The molecule has 0 aliphatic heterocycles. The first-order valence-electron chi connectivity index (χ1n) is 28.0. The van der Waals surface area contributed by atoms with Crippen molar-refractivity contribution in [2.75, 3.05) is 13.2 Å². The van der Waals surface area contributed by atoms with Gasteiger partial charge in [0.15, 0.2) is 6.10 Å². The molecule has 0 radical (unpaired) electrons. The van der Waals surface area contributed by atoms with Crippen molar-refractivity contribution < 1.29 is 28.6 Å². The largest absolute Gasteiger partial charge is 0.462 e. The van der Waals surface area contributed by atoms with Crippen molar-refractivity contribution in [2.24, 2.45) is 0 Å². The van der Waals surface area contributed by atoms with E-state index in [9.17, 15) is 14.4 Å². The first kappa shape index (κ1) is 64.8. The molecule has 0 saturated carbocycles. The molecular formula is C63H102O6. The number of hydrogen-bond donors (Lipinski definition) is 0. The van der Waals surface area contributed by atoms with Crippen LogP contribution in [-0.4, -0.2) is 37.2 Å². The maximum atomic E-state index is 12.8. The molecule has 69 heavy (non-hydrogen) atoms. The molecule has 0 unspecified atom stereocenters. The molecule has 6 heteroatoms. The van der Waals surface area contributed by atoms with Gasteiger partial charge in [-0.05, 0) is 122 Å².